The third kappa shape index (κ3) is 2.33. The minimum atomic E-state index is -0.0523. The highest BCUT2D eigenvalue weighted by Crippen LogP contribution is 2.35. The molecule has 0 fully saturated rings. The van der Waals surface area contributed by atoms with E-state index < -0.39 is 0 Å². The quantitative estimate of drug-likeness (QED) is 0.914. The minimum absolute atomic E-state index is 0.0523. The Morgan fingerprint density at radius 3 is 2.39 bits per heavy atom. The van der Waals surface area contributed by atoms with E-state index in [0.717, 1.165) is 17.1 Å². The molecule has 0 amide bonds. The summed E-state index contributed by atoms with van der Waals surface area (Å²) in [5, 5.41) is 1.16. The van der Waals surface area contributed by atoms with Gasteiger partial charge in [-0.2, -0.15) is 0 Å². The third-order valence-corrected chi connectivity index (χ3v) is 4.77. The molecule has 0 aliphatic heterocycles. The largest absolute Gasteiger partial charge is 0.326 e. The molecule has 0 bridgehead atoms. The molecular weight excluding hydrogens is 240 g/mol. The Hall–Kier alpha value is -1.19. The highest BCUT2D eigenvalue weighted by molar-refractivity contribution is 7.11. The predicted octanol–water partition coefficient (Wildman–Crippen LogP) is 3.49. The lowest BCUT2D eigenvalue weighted by molar-refractivity contribution is 0.632. The van der Waals surface area contributed by atoms with E-state index in [1.165, 1.54) is 10.4 Å². The van der Waals surface area contributed by atoms with Crippen molar-refractivity contribution in [2.45, 2.75) is 39.2 Å². The Morgan fingerprint density at radius 2 is 1.89 bits per heavy atom. The molecule has 0 radical (unpaired) electrons. The minimum Gasteiger partial charge on any atom is -0.326 e. The maximum atomic E-state index is 5.79. The van der Waals surface area contributed by atoms with Crippen molar-refractivity contribution in [3.05, 3.63) is 51.5 Å². The van der Waals surface area contributed by atoms with Crippen LogP contribution < -0.4 is 5.73 Å². The monoisotopic (exact) mass is 260 g/mol. The van der Waals surface area contributed by atoms with Crippen molar-refractivity contribution < 1.29 is 0 Å². The second-order valence-corrected chi connectivity index (χ2v) is 6.02. The van der Waals surface area contributed by atoms with Gasteiger partial charge >= 0.3 is 0 Å². The van der Waals surface area contributed by atoms with Gasteiger partial charge in [0.05, 0.1) is 5.69 Å². The van der Waals surface area contributed by atoms with Crippen molar-refractivity contribution in [1.29, 1.82) is 0 Å². The molecule has 0 atom stereocenters. The first kappa shape index (κ1) is 13.2. The summed E-state index contributed by atoms with van der Waals surface area (Å²) in [5.41, 5.74) is 8.19. The molecule has 0 aliphatic rings. The van der Waals surface area contributed by atoms with Gasteiger partial charge < -0.3 is 5.73 Å². The molecule has 2 N–H and O–H groups in total. The molecule has 1 heterocycles. The van der Waals surface area contributed by atoms with Gasteiger partial charge in [-0.15, -0.1) is 11.3 Å². The number of hydrogen-bond acceptors (Lipinski definition) is 3. The molecule has 0 saturated heterocycles. The van der Waals surface area contributed by atoms with E-state index in [0.29, 0.717) is 6.54 Å². The second-order valence-electron chi connectivity index (χ2n) is 4.94. The third-order valence-electron chi connectivity index (χ3n) is 3.33. The van der Waals surface area contributed by atoms with Crippen molar-refractivity contribution >= 4 is 11.3 Å². The van der Waals surface area contributed by atoms with Crippen LogP contribution in [0, 0.1) is 0 Å². The van der Waals surface area contributed by atoms with E-state index in [1.807, 2.05) is 6.07 Å². The number of rotatable bonds is 4. The van der Waals surface area contributed by atoms with Crippen molar-refractivity contribution in [2.24, 2.45) is 5.73 Å². The van der Waals surface area contributed by atoms with E-state index in [-0.39, 0.29) is 5.41 Å². The van der Waals surface area contributed by atoms with Crippen molar-refractivity contribution in [3.8, 4) is 0 Å². The lowest BCUT2D eigenvalue weighted by Gasteiger charge is -2.22. The number of aryl methyl sites for hydroxylation is 1. The molecule has 1 aromatic carbocycles. The first-order valence-corrected chi connectivity index (χ1v) is 7.16. The second kappa shape index (κ2) is 5.21. The zero-order chi connectivity index (χ0) is 13.2. The Kier molecular flexibility index (Phi) is 3.83. The zero-order valence-electron chi connectivity index (χ0n) is 11.2. The Labute approximate surface area is 113 Å². The van der Waals surface area contributed by atoms with E-state index in [2.05, 4.69) is 45.0 Å². The number of nitrogens with two attached hydrogens (primary N) is 1. The summed E-state index contributed by atoms with van der Waals surface area (Å²) in [6, 6.07) is 10.5. The normalized spacial score (nSPS) is 11.8. The molecule has 2 aromatic rings. The van der Waals surface area contributed by atoms with Crippen molar-refractivity contribution in [1.82, 2.24) is 4.98 Å². The van der Waals surface area contributed by atoms with Crippen LogP contribution in [-0.4, -0.2) is 4.98 Å². The van der Waals surface area contributed by atoms with Crippen molar-refractivity contribution in [2.75, 3.05) is 0 Å². The van der Waals surface area contributed by atoms with Gasteiger partial charge in [-0.25, -0.2) is 4.98 Å². The molecule has 3 heteroatoms. The fourth-order valence-electron chi connectivity index (χ4n) is 2.06. The highest BCUT2D eigenvalue weighted by atomic mass is 32.1. The molecule has 0 spiro atoms. The predicted molar refractivity (Wildman–Crippen MR) is 78.0 cm³/mol. The fraction of sp³-hybridized carbons (Fsp3) is 0.400. The Bertz CT molecular complexity index is 493. The first-order chi connectivity index (χ1) is 8.59. The van der Waals surface area contributed by atoms with E-state index in [1.54, 1.807) is 11.3 Å². The molecule has 2 rings (SSSR count). The van der Waals surface area contributed by atoms with Crippen LogP contribution in [0.5, 0.6) is 0 Å². The molecular formula is C15H20N2S. The van der Waals surface area contributed by atoms with Crippen LogP contribution in [0.1, 0.15) is 41.9 Å². The van der Waals surface area contributed by atoms with E-state index in [4.69, 9.17) is 10.7 Å². The number of nitrogens with zero attached hydrogens (tertiary/aromatic N) is 1. The van der Waals surface area contributed by atoms with Crippen LogP contribution in [-0.2, 0) is 18.4 Å². The zero-order valence-corrected chi connectivity index (χ0v) is 12.1. The molecule has 2 nitrogen and oxygen atoms in total. The molecule has 18 heavy (non-hydrogen) atoms. The van der Waals surface area contributed by atoms with Crippen LogP contribution in [0.15, 0.2) is 30.3 Å². The lowest BCUT2D eigenvalue weighted by atomic mass is 9.85. The van der Waals surface area contributed by atoms with Crippen LogP contribution in [0.3, 0.4) is 0 Å². The van der Waals surface area contributed by atoms with Crippen LogP contribution in [0.25, 0.3) is 0 Å². The molecule has 0 saturated carbocycles. The Balaban J connectivity index is 2.44. The molecule has 0 unspecified atom stereocenters. The van der Waals surface area contributed by atoms with Crippen LogP contribution >= 0.6 is 11.3 Å². The van der Waals surface area contributed by atoms with Gasteiger partial charge in [-0.3, -0.25) is 0 Å². The summed E-state index contributed by atoms with van der Waals surface area (Å²) in [7, 11) is 0. The van der Waals surface area contributed by atoms with E-state index in [9.17, 15) is 0 Å². The lowest BCUT2D eigenvalue weighted by Crippen LogP contribution is -2.18. The SMILES string of the molecule is CCc1nc(C(C)(C)c2ccccc2)sc1CN. The summed E-state index contributed by atoms with van der Waals surface area (Å²) in [5.74, 6) is 0. The van der Waals surface area contributed by atoms with Gasteiger partial charge in [0.15, 0.2) is 0 Å². The molecule has 0 aliphatic carbocycles. The summed E-state index contributed by atoms with van der Waals surface area (Å²) in [6.07, 6.45) is 0.952. The van der Waals surface area contributed by atoms with Crippen molar-refractivity contribution in [3.63, 3.8) is 0 Å². The fourth-order valence-corrected chi connectivity index (χ4v) is 3.22. The number of aromatic nitrogens is 1. The first-order valence-electron chi connectivity index (χ1n) is 6.34. The standard InChI is InChI=1S/C15H20N2S/c1-4-12-13(10-16)18-14(17-12)15(2,3)11-8-6-5-7-9-11/h5-9H,4,10,16H2,1-3H3. The number of hydrogen-bond donors (Lipinski definition) is 1. The van der Waals surface area contributed by atoms with Crippen LogP contribution in [0.4, 0.5) is 0 Å². The summed E-state index contributed by atoms with van der Waals surface area (Å²) >= 11 is 1.75. The summed E-state index contributed by atoms with van der Waals surface area (Å²) in [4.78, 5) is 6.01. The average molecular weight is 260 g/mol. The maximum Gasteiger partial charge on any atom is 0.103 e. The Morgan fingerprint density at radius 1 is 1.22 bits per heavy atom. The highest BCUT2D eigenvalue weighted by Gasteiger charge is 2.27. The number of benzene rings is 1. The van der Waals surface area contributed by atoms with E-state index >= 15 is 0 Å². The molecule has 1 aromatic heterocycles. The summed E-state index contributed by atoms with van der Waals surface area (Å²) < 4.78 is 0. The molecule has 96 valence electrons. The van der Waals surface area contributed by atoms with Gasteiger partial charge in [0.25, 0.3) is 0 Å². The van der Waals surface area contributed by atoms with Gasteiger partial charge in [0, 0.05) is 16.8 Å². The summed E-state index contributed by atoms with van der Waals surface area (Å²) in [6.45, 7) is 7.17. The van der Waals surface area contributed by atoms with Gasteiger partial charge in [-0.05, 0) is 25.8 Å². The van der Waals surface area contributed by atoms with Gasteiger partial charge in [-0.1, -0.05) is 37.3 Å². The maximum absolute atomic E-state index is 5.79. The van der Waals surface area contributed by atoms with Gasteiger partial charge in [0.1, 0.15) is 5.01 Å². The van der Waals surface area contributed by atoms with Crippen LogP contribution in [0.2, 0.25) is 0 Å². The average Bonchev–Trinajstić information content (AvgIpc) is 2.83. The smallest absolute Gasteiger partial charge is 0.103 e. The van der Waals surface area contributed by atoms with Gasteiger partial charge in [0.2, 0.25) is 0 Å². The number of thiazole rings is 1. The topological polar surface area (TPSA) is 38.9 Å².